The third kappa shape index (κ3) is 7.76. The summed E-state index contributed by atoms with van der Waals surface area (Å²) in [5.41, 5.74) is 1.96. The Morgan fingerprint density at radius 2 is 1.60 bits per heavy atom. The summed E-state index contributed by atoms with van der Waals surface area (Å²) in [4.78, 5) is 29.3. The molecular weight excluding hydrogens is 597 g/mol. The van der Waals surface area contributed by atoms with Gasteiger partial charge in [0.25, 0.3) is 10.0 Å². The van der Waals surface area contributed by atoms with E-state index in [1.807, 2.05) is 38.1 Å². The van der Waals surface area contributed by atoms with Crippen LogP contribution in [-0.2, 0) is 26.2 Å². The van der Waals surface area contributed by atoms with Crippen molar-refractivity contribution in [2.75, 3.05) is 24.1 Å². The van der Waals surface area contributed by atoms with Crippen LogP contribution in [-0.4, -0.2) is 57.0 Å². The summed E-state index contributed by atoms with van der Waals surface area (Å²) in [5.74, 6) is -0.671. The first-order valence-corrected chi connectivity index (χ1v) is 16.9. The lowest BCUT2D eigenvalue weighted by atomic mass is 9.95. The van der Waals surface area contributed by atoms with Gasteiger partial charge in [-0.15, -0.1) is 0 Å². The predicted molar refractivity (Wildman–Crippen MR) is 169 cm³/mol. The number of anilines is 1. The normalized spacial score (nSPS) is 15.6. The molecule has 0 aromatic heterocycles. The number of carbonyl (C=O) groups excluding carboxylic acids is 2. The van der Waals surface area contributed by atoms with Crippen LogP contribution in [0.5, 0.6) is 11.5 Å². The number of benzene rings is 3. The van der Waals surface area contributed by atoms with Crippen molar-refractivity contribution in [3.63, 3.8) is 0 Å². The highest BCUT2D eigenvalue weighted by Crippen LogP contribution is 2.34. The van der Waals surface area contributed by atoms with Gasteiger partial charge in [-0.3, -0.25) is 13.9 Å². The molecule has 3 aromatic carbocycles. The van der Waals surface area contributed by atoms with E-state index in [2.05, 4.69) is 5.32 Å². The van der Waals surface area contributed by atoms with Gasteiger partial charge >= 0.3 is 0 Å². The molecule has 0 radical (unpaired) electrons. The molecule has 1 atom stereocenters. The third-order valence-corrected chi connectivity index (χ3v) is 10.1. The molecule has 2 amide bonds. The molecule has 0 unspecified atom stereocenters. The predicted octanol–water partition coefficient (Wildman–Crippen LogP) is 5.36. The largest absolute Gasteiger partial charge is 0.486 e. The maximum atomic E-state index is 14.3. The van der Waals surface area contributed by atoms with Gasteiger partial charge in [-0.2, -0.15) is 0 Å². The number of halogens is 1. The number of hydrogen-bond donors (Lipinski definition) is 1. The van der Waals surface area contributed by atoms with Crippen LogP contribution >= 0.6 is 0 Å². The molecule has 9 nitrogen and oxygen atoms in total. The van der Waals surface area contributed by atoms with Crippen LogP contribution in [0.3, 0.4) is 0 Å². The van der Waals surface area contributed by atoms with Crippen molar-refractivity contribution in [3.05, 3.63) is 83.7 Å². The Morgan fingerprint density at radius 1 is 0.933 bits per heavy atom. The molecule has 1 saturated carbocycles. The molecule has 0 saturated heterocycles. The Hall–Kier alpha value is -4.12. The van der Waals surface area contributed by atoms with Gasteiger partial charge in [-0.25, -0.2) is 12.8 Å². The Balaban J connectivity index is 1.49. The highest BCUT2D eigenvalue weighted by atomic mass is 32.2. The first kappa shape index (κ1) is 32.3. The molecule has 5 rings (SSSR count). The van der Waals surface area contributed by atoms with Crippen LogP contribution in [0.4, 0.5) is 10.1 Å². The van der Waals surface area contributed by atoms with Gasteiger partial charge in [0, 0.05) is 18.7 Å². The third-order valence-electron chi connectivity index (χ3n) is 8.31. The van der Waals surface area contributed by atoms with Gasteiger partial charge in [-0.1, -0.05) is 56.0 Å². The molecule has 0 bridgehead atoms. The Labute approximate surface area is 264 Å². The van der Waals surface area contributed by atoms with Crippen molar-refractivity contribution in [1.29, 1.82) is 0 Å². The van der Waals surface area contributed by atoms with Crippen LogP contribution in [0.15, 0.2) is 71.6 Å². The summed E-state index contributed by atoms with van der Waals surface area (Å²) < 4.78 is 54.4. The number of nitrogens with zero attached hydrogens (tertiary/aromatic N) is 2. The minimum atomic E-state index is -4.36. The van der Waals surface area contributed by atoms with Crippen LogP contribution in [0, 0.1) is 12.7 Å². The van der Waals surface area contributed by atoms with E-state index in [4.69, 9.17) is 9.47 Å². The number of aryl methyl sites for hydroxylation is 1. The lowest BCUT2D eigenvalue weighted by Crippen LogP contribution is -2.54. The zero-order valence-corrected chi connectivity index (χ0v) is 26.5. The first-order valence-electron chi connectivity index (χ1n) is 15.5. The topological polar surface area (TPSA) is 105 Å². The van der Waals surface area contributed by atoms with Gasteiger partial charge in [-0.05, 0) is 68.1 Å². The quantitative estimate of drug-likeness (QED) is 0.304. The molecule has 1 heterocycles. The summed E-state index contributed by atoms with van der Waals surface area (Å²) in [7, 11) is -4.36. The van der Waals surface area contributed by atoms with Crippen LogP contribution in [0.1, 0.15) is 56.6 Å². The van der Waals surface area contributed by atoms with Crippen molar-refractivity contribution >= 4 is 27.5 Å². The summed E-state index contributed by atoms with van der Waals surface area (Å²) in [5, 5.41) is 3.14. The standard InChI is InChI=1S/C34H40FN3O6S/c1-3-30(34(40)36-27-7-5-4-6-8-27)37(22-25-11-9-24(2)10-12-25)33(39)23-38(28-15-13-26(35)14-16-28)45(41,42)29-17-18-31-32(21-29)44-20-19-43-31/h9-18,21,27,30H,3-8,19-20,22-23H2,1-2H3,(H,36,40)/t30-/m0/s1. The molecule has 1 fully saturated rings. The number of hydrogen-bond acceptors (Lipinski definition) is 6. The summed E-state index contributed by atoms with van der Waals surface area (Å²) in [6, 6.07) is 16.0. The molecule has 45 heavy (non-hydrogen) atoms. The van der Waals surface area contributed by atoms with Crippen molar-refractivity contribution in [3.8, 4) is 11.5 Å². The van der Waals surface area contributed by atoms with Gasteiger partial charge in [0.1, 0.15) is 31.6 Å². The number of carbonyl (C=O) groups is 2. The molecule has 240 valence electrons. The second kappa shape index (κ2) is 14.3. The minimum absolute atomic E-state index is 0.0444. The molecule has 3 aromatic rings. The summed E-state index contributed by atoms with van der Waals surface area (Å²) in [6.07, 6.45) is 5.33. The second-order valence-corrected chi connectivity index (χ2v) is 13.4. The maximum Gasteiger partial charge on any atom is 0.264 e. The number of amides is 2. The van der Waals surface area contributed by atoms with Crippen molar-refractivity contribution in [2.24, 2.45) is 0 Å². The summed E-state index contributed by atoms with van der Waals surface area (Å²) >= 11 is 0. The molecule has 2 aliphatic rings. The number of fused-ring (bicyclic) bond motifs is 1. The van der Waals surface area contributed by atoms with Gasteiger partial charge in [0.2, 0.25) is 11.8 Å². The average Bonchev–Trinajstić information content (AvgIpc) is 3.05. The van der Waals surface area contributed by atoms with E-state index in [-0.39, 0.29) is 41.4 Å². The zero-order chi connectivity index (χ0) is 32.0. The molecule has 1 aliphatic heterocycles. The Morgan fingerprint density at radius 3 is 2.27 bits per heavy atom. The lowest BCUT2D eigenvalue weighted by Gasteiger charge is -2.34. The monoisotopic (exact) mass is 637 g/mol. The van der Waals surface area contributed by atoms with E-state index in [0.29, 0.717) is 18.8 Å². The van der Waals surface area contributed by atoms with E-state index < -0.39 is 34.3 Å². The molecular formula is C34H40FN3O6S. The van der Waals surface area contributed by atoms with Crippen LogP contribution in [0.2, 0.25) is 0 Å². The van der Waals surface area contributed by atoms with Crippen molar-refractivity contribution < 1.29 is 31.9 Å². The van der Waals surface area contributed by atoms with Gasteiger partial charge < -0.3 is 19.7 Å². The molecule has 1 N–H and O–H groups in total. The Bertz CT molecular complexity index is 1590. The highest BCUT2D eigenvalue weighted by molar-refractivity contribution is 7.92. The van der Waals surface area contributed by atoms with E-state index in [1.165, 1.54) is 35.2 Å². The number of rotatable bonds is 11. The van der Waals surface area contributed by atoms with Gasteiger partial charge in [0.05, 0.1) is 10.6 Å². The fraction of sp³-hybridized carbons (Fsp3) is 0.412. The SMILES string of the molecule is CC[C@@H](C(=O)NC1CCCCC1)N(Cc1ccc(C)cc1)C(=O)CN(c1ccc(F)cc1)S(=O)(=O)c1ccc2c(c1)OCCO2. The Kier molecular flexibility index (Phi) is 10.3. The summed E-state index contributed by atoms with van der Waals surface area (Å²) in [6.45, 7) is 3.91. The number of sulfonamides is 1. The van der Waals surface area contributed by atoms with E-state index in [9.17, 15) is 22.4 Å². The smallest absolute Gasteiger partial charge is 0.264 e. The van der Waals surface area contributed by atoms with Crippen molar-refractivity contribution in [2.45, 2.75) is 75.9 Å². The highest BCUT2D eigenvalue weighted by Gasteiger charge is 2.35. The fourth-order valence-corrected chi connectivity index (χ4v) is 7.23. The fourth-order valence-electron chi connectivity index (χ4n) is 5.80. The minimum Gasteiger partial charge on any atom is -0.486 e. The zero-order valence-electron chi connectivity index (χ0n) is 25.7. The first-order chi connectivity index (χ1) is 21.7. The van der Waals surface area contributed by atoms with E-state index in [1.54, 1.807) is 0 Å². The van der Waals surface area contributed by atoms with Crippen LogP contribution in [0.25, 0.3) is 0 Å². The van der Waals surface area contributed by atoms with Crippen LogP contribution < -0.4 is 19.1 Å². The van der Waals surface area contributed by atoms with E-state index >= 15 is 0 Å². The van der Waals surface area contributed by atoms with Crippen molar-refractivity contribution in [1.82, 2.24) is 10.2 Å². The molecule has 11 heteroatoms. The maximum absolute atomic E-state index is 14.3. The molecule has 0 spiro atoms. The average molecular weight is 638 g/mol. The number of ether oxygens (including phenoxy) is 2. The van der Waals surface area contributed by atoms with E-state index in [0.717, 1.165) is 59.7 Å². The lowest BCUT2D eigenvalue weighted by molar-refractivity contribution is -0.140. The van der Waals surface area contributed by atoms with Gasteiger partial charge in [0.15, 0.2) is 11.5 Å². The number of nitrogens with one attached hydrogen (secondary N) is 1. The second-order valence-electron chi connectivity index (χ2n) is 11.6. The molecule has 1 aliphatic carbocycles.